The second kappa shape index (κ2) is 6.06. The lowest BCUT2D eigenvalue weighted by atomic mass is 11.7. The highest BCUT2D eigenvalue weighted by Crippen LogP contribution is 2.40. The highest BCUT2D eigenvalue weighted by Gasteiger charge is 2.36. The summed E-state index contributed by atoms with van der Waals surface area (Å²) in [6, 6.07) is 0. The van der Waals surface area contributed by atoms with Gasteiger partial charge in [-0.05, 0) is 0 Å². The molecule has 0 amide bonds. The first-order valence-corrected chi connectivity index (χ1v) is 23.2. The lowest BCUT2D eigenvalue weighted by molar-refractivity contribution is 1.34. The van der Waals surface area contributed by atoms with E-state index in [1.54, 1.807) is 0 Å². The summed E-state index contributed by atoms with van der Waals surface area (Å²) < 4.78 is 0. The highest BCUT2D eigenvalue weighted by atomic mass is 28.5. The van der Waals surface area contributed by atoms with E-state index in [2.05, 4.69) is 78.6 Å². The Bertz CT molecular complexity index is 227. The van der Waals surface area contributed by atoms with E-state index in [-0.39, 0.29) is 0 Å². The van der Waals surface area contributed by atoms with E-state index in [1.165, 1.54) is 9.52 Å². The van der Waals surface area contributed by atoms with Gasteiger partial charge in [-0.15, -0.1) is 0 Å². The zero-order chi connectivity index (χ0) is 15.9. The summed E-state index contributed by atoms with van der Waals surface area (Å²) in [5.74, 6) is 0. The molecule has 0 unspecified atom stereocenters. The quantitative estimate of drug-likeness (QED) is 0.535. The van der Waals surface area contributed by atoms with E-state index in [4.69, 9.17) is 0 Å². The van der Waals surface area contributed by atoms with E-state index in [1.807, 2.05) is 0 Å². The van der Waals surface area contributed by atoms with E-state index in [0.717, 1.165) is 9.58 Å². The molecule has 115 valence electrons. The van der Waals surface area contributed by atoms with Gasteiger partial charge in [-0.3, -0.25) is 0 Å². The van der Waals surface area contributed by atoms with Crippen molar-refractivity contribution in [3.63, 3.8) is 0 Å². The molecule has 0 aromatic rings. The normalized spacial score (nSPS) is 15.5. The van der Waals surface area contributed by atoms with Crippen molar-refractivity contribution in [1.82, 2.24) is 0 Å². The van der Waals surface area contributed by atoms with Gasteiger partial charge in [0.2, 0.25) is 0 Å². The van der Waals surface area contributed by atoms with Crippen molar-refractivity contribution in [2.75, 3.05) is 0 Å². The number of rotatable bonds is 6. The standard InChI is InChI=1S/C14H38Si5/c1-16(2,3)13(17(4,5)6)15-14(18(7,8)9)19(10,11)12/h13-14H,1-12H3/q-1. The zero-order valence-corrected chi connectivity index (χ0v) is 20.7. The van der Waals surface area contributed by atoms with E-state index in [0.29, 0.717) is 0 Å². The summed E-state index contributed by atoms with van der Waals surface area (Å²) in [6.07, 6.45) is 0. The molecule has 1 radical (unpaired) electrons. The molecule has 0 fully saturated rings. The molecule has 0 nitrogen and oxygen atoms in total. The third-order valence-corrected chi connectivity index (χ3v) is 34.2. The molecule has 0 aromatic carbocycles. The van der Waals surface area contributed by atoms with Gasteiger partial charge in [0, 0.05) is 32.3 Å². The average molecular weight is 347 g/mol. The van der Waals surface area contributed by atoms with Crippen LogP contribution < -0.4 is 0 Å². The largest absolute Gasteiger partial charge is 0.435 e. The summed E-state index contributed by atoms with van der Waals surface area (Å²) in [7, 11) is -2.83. The van der Waals surface area contributed by atoms with Crippen LogP contribution in [-0.2, 0) is 0 Å². The molecule has 0 spiro atoms. The summed E-state index contributed by atoms with van der Waals surface area (Å²) in [4.78, 5) is 2.23. The Hall–Kier alpha value is 1.08. The summed E-state index contributed by atoms with van der Waals surface area (Å²) in [5, 5.41) is 0. The van der Waals surface area contributed by atoms with Crippen molar-refractivity contribution in [2.45, 2.75) is 88.1 Å². The van der Waals surface area contributed by atoms with Crippen molar-refractivity contribution in [2.24, 2.45) is 0 Å². The molecule has 0 saturated heterocycles. The first-order valence-electron chi connectivity index (χ1n) is 7.73. The van der Waals surface area contributed by atoms with Gasteiger partial charge in [0.25, 0.3) is 0 Å². The lowest BCUT2D eigenvalue weighted by Crippen LogP contribution is -2.55. The Morgan fingerprint density at radius 2 is 0.579 bits per heavy atom. The van der Waals surface area contributed by atoms with Gasteiger partial charge in [0.1, 0.15) is 0 Å². The van der Waals surface area contributed by atoms with Crippen LogP contribution >= 0.6 is 0 Å². The van der Waals surface area contributed by atoms with E-state index >= 15 is 0 Å². The van der Waals surface area contributed by atoms with Gasteiger partial charge in [0.15, 0.2) is 0 Å². The van der Waals surface area contributed by atoms with Crippen molar-refractivity contribution in [3.05, 3.63) is 0 Å². The number of hydrogen-bond donors (Lipinski definition) is 0. The minimum absolute atomic E-state index is 1.02. The molecule has 0 aliphatic rings. The average Bonchev–Trinajstić information content (AvgIpc) is 1.91. The molecule has 0 aromatic heterocycles. The van der Waals surface area contributed by atoms with E-state index in [9.17, 15) is 0 Å². The Morgan fingerprint density at radius 1 is 0.421 bits per heavy atom. The minimum atomic E-state index is -1.02. The second-order valence-corrected chi connectivity index (χ2v) is 36.7. The van der Waals surface area contributed by atoms with Crippen molar-refractivity contribution < 1.29 is 0 Å². The van der Waals surface area contributed by atoms with Crippen LogP contribution in [0.2, 0.25) is 88.1 Å². The molecule has 0 aliphatic carbocycles. The van der Waals surface area contributed by atoms with Gasteiger partial charge >= 0.3 is 0 Å². The van der Waals surface area contributed by atoms with E-state index < -0.39 is 32.3 Å². The van der Waals surface area contributed by atoms with Crippen LogP contribution in [0.5, 0.6) is 0 Å². The summed E-state index contributed by atoms with van der Waals surface area (Å²) >= 11 is 0. The first kappa shape index (κ1) is 20.1. The molecule has 0 aliphatic heterocycles. The van der Waals surface area contributed by atoms with Crippen molar-refractivity contribution in [3.8, 4) is 0 Å². The van der Waals surface area contributed by atoms with Crippen LogP contribution in [0.15, 0.2) is 0 Å². The summed E-state index contributed by atoms with van der Waals surface area (Å²) in [5.41, 5.74) is 0. The van der Waals surface area contributed by atoms with Gasteiger partial charge in [-0.25, -0.2) is 9.58 Å². The molecular formula is C14H38Si5-. The fraction of sp³-hybridized carbons (Fsp3) is 1.00. The monoisotopic (exact) mass is 346 g/mol. The minimum Gasteiger partial charge on any atom is -0.435 e. The predicted molar refractivity (Wildman–Crippen MR) is 107 cm³/mol. The van der Waals surface area contributed by atoms with Crippen LogP contribution in [-0.4, -0.2) is 41.8 Å². The van der Waals surface area contributed by atoms with Gasteiger partial charge in [-0.1, -0.05) is 78.6 Å². The molecular weight excluding hydrogens is 309 g/mol. The Labute approximate surface area is 130 Å². The Kier molecular flexibility index (Phi) is 6.41. The first-order chi connectivity index (χ1) is 7.97. The molecule has 0 rings (SSSR count). The lowest BCUT2D eigenvalue weighted by Gasteiger charge is -2.58. The molecule has 0 saturated carbocycles. The van der Waals surface area contributed by atoms with Crippen LogP contribution in [0.1, 0.15) is 0 Å². The third kappa shape index (κ3) is 6.59. The van der Waals surface area contributed by atoms with Gasteiger partial charge < -0.3 is 9.52 Å². The van der Waals surface area contributed by atoms with Gasteiger partial charge in [0.05, 0.1) is 0 Å². The Morgan fingerprint density at radius 3 is 0.684 bits per heavy atom. The topological polar surface area (TPSA) is 0 Å². The van der Waals surface area contributed by atoms with Crippen LogP contribution in [0.4, 0.5) is 0 Å². The van der Waals surface area contributed by atoms with Crippen molar-refractivity contribution in [1.29, 1.82) is 0 Å². The maximum atomic E-state index is 2.62. The third-order valence-electron chi connectivity index (χ3n) is 3.80. The maximum absolute atomic E-state index is 2.62. The SMILES string of the molecule is C[Si](C)(C)C([Si-]C([Si](C)(C)C)[Si](C)(C)C)[Si](C)(C)C. The van der Waals surface area contributed by atoms with Crippen molar-refractivity contribution >= 4 is 41.8 Å². The molecule has 5 heteroatoms. The zero-order valence-electron chi connectivity index (χ0n) is 15.7. The van der Waals surface area contributed by atoms with Crippen LogP contribution in [0, 0.1) is 0 Å². The van der Waals surface area contributed by atoms with Crippen LogP contribution in [0.25, 0.3) is 0 Å². The fourth-order valence-electron chi connectivity index (χ4n) is 3.76. The fourth-order valence-corrected chi connectivity index (χ4v) is 36.9. The highest BCUT2D eigenvalue weighted by molar-refractivity contribution is 7.12. The van der Waals surface area contributed by atoms with Crippen LogP contribution in [0.3, 0.4) is 0 Å². The molecule has 0 heterocycles. The number of hydrogen-bond acceptors (Lipinski definition) is 0. The molecule has 0 atom stereocenters. The van der Waals surface area contributed by atoms with Gasteiger partial charge in [-0.2, -0.15) is 0 Å². The molecule has 0 bridgehead atoms. The second-order valence-electron chi connectivity index (χ2n) is 10.5. The predicted octanol–water partition coefficient (Wildman–Crippen LogP) is 5.78. The summed E-state index contributed by atoms with van der Waals surface area (Å²) in [6.45, 7) is 31.4. The molecule has 0 N–H and O–H groups in total. The maximum Gasteiger partial charge on any atom is 0.00954 e. The Balaban J connectivity index is 5.43. The smallest absolute Gasteiger partial charge is 0.00954 e. The molecule has 19 heavy (non-hydrogen) atoms.